The van der Waals surface area contributed by atoms with Gasteiger partial charge in [0, 0.05) is 38.3 Å². The van der Waals surface area contributed by atoms with Gasteiger partial charge in [-0.2, -0.15) is 0 Å². The molecule has 0 unspecified atom stereocenters. The highest BCUT2D eigenvalue weighted by atomic mass is 16.5. The zero-order chi connectivity index (χ0) is 19.3. The minimum Gasteiger partial charge on any atom is -0.497 e. The zero-order valence-corrected chi connectivity index (χ0v) is 16.3. The molecule has 0 atom stereocenters. The summed E-state index contributed by atoms with van der Waals surface area (Å²) in [5.41, 5.74) is 2.08. The summed E-state index contributed by atoms with van der Waals surface area (Å²) in [6.45, 7) is 4.37. The lowest BCUT2D eigenvalue weighted by Gasteiger charge is -2.22. The fourth-order valence-corrected chi connectivity index (χ4v) is 3.90. The number of carbonyl (C=O) groups excluding carboxylic acids is 1. The predicted octanol–water partition coefficient (Wildman–Crippen LogP) is 4.20. The smallest absolute Gasteiger partial charge is 0.254 e. The summed E-state index contributed by atoms with van der Waals surface area (Å²) in [7, 11) is 1.69. The van der Waals surface area contributed by atoms with Crippen molar-refractivity contribution < 1.29 is 9.53 Å². The maximum absolute atomic E-state index is 13.2. The van der Waals surface area contributed by atoms with E-state index in [4.69, 9.17) is 4.74 Å². The molecule has 3 aromatic carbocycles. The second kappa shape index (κ2) is 8.44. The molecular weight excluding hydrogens is 348 g/mol. The maximum Gasteiger partial charge on any atom is 0.254 e. The summed E-state index contributed by atoms with van der Waals surface area (Å²) >= 11 is 0. The molecule has 4 nitrogen and oxygen atoms in total. The van der Waals surface area contributed by atoms with E-state index < -0.39 is 0 Å². The second-order valence-electron chi connectivity index (χ2n) is 7.30. The van der Waals surface area contributed by atoms with Gasteiger partial charge in [0.15, 0.2) is 0 Å². The van der Waals surface area contributed by atoms with E-state index in [1.165, 1.54) is 5.56 Å². The molecule has 4 heteroatoms. The maximum atomic E-state index is 13.2. The summed E-state index contributed by atoms with van der Waals surface area (Å²) < 4.78 is 5.23. The average Bonchev–Trinajstić information content (AvgIpc) is 2.99. The first-order valence-corrected chi connectivity index (χ1v) is 9.87. The van der Waals surface area contributed by atoms with Gasteiger partial charge in [0.2, 0.25) is 0 Å². The number of methoxy groups -OCH3 is 1. The van der Waals surface area contributed by atoms with Crippen molar-refractivity contribution in [3.63, 3.8) is 0 Å². The second-order valence-corrected chi connectivity index (χ2v) is 7.30. The number of benzene rings is 3. The van der Waals surface area contributed by atoms with E-state index in [1.54, 1.807) is 7.11 Å². The van der Waals surface area contributed by atoms with Gasteiger partial charge in [-0.3, -0.25) is 9.69 Å². The lowest BCUT2D eigenvalue weighted by molar-refractivity contribution is 0.0763. The third kappa shape index (κ3) is 4.02. The first-order chi connectivity index (χ1) is 13.7. The number of carbonyl (C=O) groups is 1. The van der Waals surface area contributed by atoms with Crippen molar-refractivity contribution in [2.45, 2.75) is 13.0 Å². The van der Waals surface area contributed by atoms with Crippen molar-refractivity contribution in [1.29, 1.82) is 0 Å². The summed E-state index contributed by atoms with van der Waals surface area (Å²) in [5.74, 6) is 1.02. The van der Waals surface area contributed by atoms with E-state index in [2.05, 4.69) is 29.2 Å². The molecule has 0 N–H and O–H groups in total. The largest absolute Gasteiger partial charge is 0.497 e. The molecule has 1 saturated heterocycles. The van der Waals surface area contributed by atoms with Gasteiger partial charge in [0.05, 0.1) is 7.11 Å². The van der Waals surface area contributed by atoms with Crippen molar-refractivity contribution in [3.05, 3.63) is 77.9 Å². The van der Waals surface area contributed by atoms with Gasteiger partial charge in [-0.05, 0) is 41.0 Å². The number of ether oxygens (including phenoxy) is 1. The van der Waals surface area contributed by atoms with Crippen LogP contribution in [-0.2, 0) is 6.54 Å². The number of amides is 1. The fourth-order valence-electron chi connectivity index (χ4n) is 3.90. The molecule has 1 aliphatic heterocycles. The van der Waals surface area contributed by atoms with Crippen LogP contribution in [-0.4, -0.2) is 49.0 Å². The molecule has 0 aromatic heterocycles. The Morgan fingerprint density at radius 1 is 0.893 bits per heavy atom. The van der Waals surface area contributed by atoms with Crippen molar-refractivity contribution in [2.75, 3.05) is 33.3 Å². The number of hydrogen-bond donors (Lipinski definition) is 0. The van der Waals surface area contributed by atoms with Gasteiger partial charge in [-0.15, -0.1) is 0 Å². The number of hydrogen-bond acceptors (Lipinski definition) is 3. The highest BCUT2D eigenvalue weighted by Gasteiger charge is 2.21. The SMILES string of the molecule is COc1ccc(CN2CCCN(C(=O)c3cccc4ccccc34)CC2)cc1. The Labute approximate surface area is 166 Å². The van der Waals surface area contributed by atoms with E-state index in [0.717, 1.165) is 61.2 Å². The monoisotopic (exact) mass is 374 g/mol. The minimum atomic E-state index is 0.142. The summed E-state index contributed by atoms with van der Waals surface area (Å²) in [6, 6.07) is 22.3. The number of nitrogens with zero attached hydrogens (tertiary/aromatic N) is 2. The van der Waals surface area contributed by atoms with Gasteiger partial charge in [0.1, 0.15) is 5.75 Å². The van der Waals surface area contributed by atoms with Crippen LogP contribution in [0.1, 0.15) is 22.3 Å². The van der Waals surface area contributed by atoms with Crippen LogP contribution in [0.15, 0.2) is 66.7 Å². The molecule has 0 bridgehead atoms. The average molecular weight is 374 g/mol. The molecule has 1 heterocycles. The van der Waals surface area contributed by atoms with Gasteiger partial charge >= 0.3 is 0 Å². The number of fused-ring (bicyclic) bond motifs is 1. The molecular formula is C24H26N2O2. The third-order valence-electron chi connectivity index (χ3n) is 5.46. The summed E-state index contributed by atoms with van der Waals surface area (Å²) in [6.07, 6.45) is 0.993. The van der Waals surface area contributed by atoms with Crippen molar-refractivity contribution >= 4 is 16.7 Å². The number of rotatable bonds is 4. The lowest BCUT2D eigenvalue weighted by atomic mass is 10.0. The molecule has 1 amide bonds. The zero-order valence-electron chi connectivity index (χ0n) is 16.3. The molecule has 1 aliphatic rings. The van der Waals surface area contributed by atoms with Crippen molar-refractivity contribution in [2.24, 2.45) is 0 Å². The fraction of sp³-hybridized carbons (Fsp3) is 0.292. The first kappa shape index (κ1) is 18.5. The third-order valence-corrected chi connectivity index (χ3v) is 5.46. The lowest BCUT2D eigenvalue weighted by Crippen LogP contribution is -2.35. The van der Waals surface area contributed by atoms with Crippen LogP contribution in [0.4, 0.5) is 0 Å². The minimum absolute atomic E-state index is 0.142. The van der Waals surface area contributed by atoms with Crippen LogP contribution in [0.5, 0.6) is 5.75 Å². The molecule has 28 heavy (non-hydrogen) atoms. The molecule has 144 valence electrons. The van der Waals surface area contributed by atoms with Crippen LogP contribution >= 0.6 is 0 Å². The van der Waals surface area contributed by atoms with E-state index in [9.17, 15) is 4.79 Å². The van der Waals surface area contributed by atoms with Gasteiger partial charge < -0.3 is 9.64 Å². The Balaban J connectivity index is 1.43. The van der Waals surface area contributed by atoms with E-state index >= 15 is 0 Å². The molecule has 3 aromatic rings. The van der Waals surface area contributed by atoms with Crippen LogP contribution in [0.2, 0.25) is 0 Å². The van der Waals surface area contributed by atoms with Crippen molar-refractivity contribution in [3.8, 4) is 5.75 Å². The van der Waals surface area contributed by atoms with E-state index in [0.29, 0.717) is 0 Å². The molecule has 4 rings (SSSR count). The first-order valence-electron chi connectivity index (χ1n) is 9.87. The molecule has 0 radical (unpaired) electrons. The predicted molar refractivity (Wildman–Crippen MR) is 113 cm³/mol. The van der Waals surface area contributed by atoms with Crippen LogP contribution in [0, 0.1) is 0 Å². The summed E-state index contributed by atoms with van der Waals surface area (Å²) in [5, 5.41) is 2.15. The van der Waals surface area contributed by atoms with E-state index in [-0.39, 0.29) is 5.91 Å². The summed E-state index contributed by atoms with van der Waals surface area (Å²) in [4.78, 5) is 17.6. The van der Waals surface area contributed by atoms with Crippen LogP contribution in [0.25, 0.3) is 10.8 Å². The van der Waals surface area contributed by atoms with Gasteiger partial charge in [0.25, 0.3) is 5.91 Å². The quantitative estimate of drug-likeness (QED) is 0.686. The highest BCUT2D eigenvalue weighted by molar-refractivity contribution is 6.07. The Hall–Kier alpha value is -2.85. The molecule has 0 saturated carbocycles. The normalized spacial score (nSPS) is 15.4. The Morgan fingerprint density at radius 2 is 1.68 bits per heavy atom. The van der Waals surface area contributed by atoms with E-state index in [1.807, 2.05) is 47.4 Å². The molecule has 0 spiro atoms. The standard InChI is InChI=1S/C24H26N2O2/c1-28-21-12-10-19(11-13-21)18-25-14-5-15-26(17-16-25)24(27)23-9-4-7-20-6-2-3-8-22(20)23/h2-4,6-13H,5,14-18H2,1H3. The van der Waals surface area contributed by atoms with Gasteiger partial charge in [-0.1, -0.05) is 48.5 Å². The van der Waals surface area contributed by atoms with Crippen LogP contribution in [0.3, 0.4) is 0 Å². The van der Waals surface area contributed by atoms with Crippen molar-refractivity contribution in [1.82, 2.24) is 9.80 Å². The Bertz CT molecular complexity index is 947. The molecule has 1 fully saturated rings. The Kier molecular flexibility index (Phi) is 5.58. The highest BCUT2D eigenvalue weighted by Crippen LogP contribution is 2.21. The van der Waals surface area contributed by atoms with Gasteiger partial charge in [-0.25, -0.2) is 0 Å². The topological polar surface area (TPSA) is 32.8 Å². The van der Waals surface area contributed by atoms with Crippen LogP contribution < -0.4 is 4.74 Å². The Morgan fingerprint density at radius 3 is 2.50 bits per heavy atom. The molecule has 0 aliphatic carbocycles.